The standard InChI is InChI=1S/C21H21ClO5/c1-4-11-26-17-6-8-18(9-7-17)27-13-15-12-16(22)5-10-19(15)20(14-24-2)21(23)25-3/h4-10,12,14H,1,11,13H2,2-3H3/b20-14-. The lowest BCUT2D eigenvalue weighted by molar-refractivity contribution is -0.133. The summed E-state index contributed by atoms with van der Waals surface area (Å²) in [7, 11) is 2.78. The molecule has 0 amide bonds. The highest BCUT2D eigenvalue weighted by Gasteiger charge is 2.17. The quantitative estimate of drug-likeness (QED) is 0.271. The van der Waals surface area contributed by atoms with Crippen molar-refractivity contribution in [1.29, 1.82) is 0 Å². The van der Waals surface area contributed by atoms with Gasteiger partial charge in [0.05, 0.1) is 20.5 Å². The summed E-state index contributed by atoms with van der Waals surface area (Å²) in [6.07, 6.45) is 3.02. The zero-order valence-electron chi connectivity index (χ0n) is 15.2. The Morgan fingerprint density at radius 1 is 1.07 bits per heavy atom. The van der Waals surface area contributed by atoms with Gasteiger partial charge in [-0.05, 0) is 47.5 Å². The number of rotatable bonds is 9. The smallest absolute Gasteiger partial charge is 0.341 e. The van der Waals surface area contributed by atoms with E-state index in [1.807, 2.05) is 12.1 Å². The molecule has 0 radical (unpaired) electrons. The van der Waals surface area contributed by atoms with Crippen molar-refractivity contribution in [2.75, 3.05) is 20.8 Å². The third kappa shape index (κ3) is 5.79. The van der Waals surface area contributed by atoms with Crippen LogP contribution in [0.1, 0.15) is 11.1 Å². The molecule has 0 aromatic heterocycles. The maximum absolute atomic E-state index is 12.1. The van der Waals surface area contributed by atoms with Crippen molar-refractivity contribution < 1.29 is 23.7 Å². The van der Waals surface area contributed by atoms with E-state index in [0.29, 0.717) is 22.9 Å². The van der Waals surface area contributed by atoms with Crippen LogP contribution in [0, 0.1) is 0 Å². The molecule has 2 rings (SSSR count). The first kappa shape index (κ1) is 20.4. The zero-order chi connectivity index (χ0) is 19.6. The Hall–Kier alpha value is -2.92. The van der Waals surface area contributed by atoms with Crippen LogP contribution in [0.4, 0.5) is 0 Å². The van der Waals surface area contributed by atoms with Crippen LogP contribution in [0.3, 0.4) is 0 Å². The Balaban J connectivity index is 2.20. The number of methoxy groups -OCH3 is 2. The molecule has 0 aliphatic heterocycles. The van der Waals surface area contributed by atoms with Crippen LogP contribution in [0.25, 0.3) is 5.57 Å². The summed E-state index contributed by atoms with van der Waals surface area (Å²) in [6.45, 7) is 4.26. The van der Waals surface area contributed by atoms with Crippen LogP contribution < -0.4 is 9.47 Å². The van der Waals surface area contributed by atoms with E-state index in [1.54, 1.807) is 36.4 Å². The topological polar surface area (TPSA) is 54.0 Å². The van der Waals surface area contributed by atoms with E-state index in [4.69, 9.17) is 30.5 Å². The first-order valence-electron chi connectivity index (χ1n) is 8.15. The van der Waals surface area contributed by atoms with Gasteiger partial charge in [-0.2, -0.15) is 0 Å². The Labute approximate surface area is 163 Å². The second-order valence-corrected chi connectivity index (χ2v) is 5.86. The van der Waals surface area contributed by atoms with Gasteiger partial charge >= 0.3 is 5.97 Å². The summed E-state index contributed by atoms with van der Waals surface area (Å²) >= 11 is 6.12. The zero-order valence-corrected chi connectivity index (χ0v) is 16.0. The Bertz CT molecular complexity index is 812. The molecule has 2 aromatic rings. The molecule has 0 unspecified atom stereocenters. The van der Waals surface area contributed by atoms with E-state index >= 15 is 0 Å². The molecule has 0 spiro atoms. The van der Waals surface area contributed by atoms with E-state index in [-0.39, 0.29) is 12.2 Å². The number of hydrogen-bond donors (Lipinski definition) is 0. The number of halogens is 1. The monoisotopic (exact) mass is 388 g/mol. The molecule has 5 nitrogen and oxygen atoms in total. The molecule has 0 aliphatic carbocycles. The second-order valence-electron chi connectivity index (χ2n) is 5.42. The van der Waals surface area contributed by atoms with Crippen LogP contribution in [0.15, 0.2) is 61.4 Å². The molecular formula is C21H21ClO5. The molecule has 0 saturated carbocycles. The molecule has 0 aliphatic rings. The number of benzene rings is 2. The fourth-order valence-corrected chi connectivity index (χ4v) is 2.54. The molecule has 6 heteroatoms. The number of hydrogen-bond acceptors (Lipinski definition) is 5. The van der Waals surface area contributed by atoms with Crippen molar-refractivity contribution in [3.8, 4) is 11.5 Å². The van der Waals surface area contributed by atoms with Crippen LogP contribution in [0.2, 0.25) is 5.02 Å². The molecular weight excluding hydrogens is 368 g/mol. The summed E-state index contributed by atoms with van der Waals surface area (Å²) in [6, 6.07) is 12.4. The first-order chi connectivity index (χ1) is 13.1. The van der Waals surface area contributed by atoms with Gasteiger partial charge in [-0.15, -0.1) is 0 Å². The van der Waals surface area contributed by atoms with Crippen LogP contribution >= 0.6 is 11.6 Å². The lowest BCUT2D eigenvalue weighted by atomic mass is 10.0. The van der Waals surface area contributed by atoms with Crippen LogP contribution in [-0.4, -0.2) is 26.8 Å². The van der Waals surface area contributed by atoms with Gasteiger partial charge in [-0.1, -0.05) is 30.3 Å². The highest BCUT2D eigenvalue weighted by atomic mass is 35.5. The Morgan fingerprint density at radius 2 is 1.74 bits per heavy atom. The fourth-order valence-electron chi connectivity index (χ4n) is 2.34. The van der Waals surface area contributed by atoms with Gasteiger partial charge in [0.15, 0.2) is 0 Å². The lowest BCUT2D eigenvalue weighted by Crippen LogP contribution is -2.08. The van der Waals surface area contributed by atoms with Gasteiger partial charge < -0.3 is 18.9 Å². The predicted octanol–water partition coefficient (Wildman–Crippen LogP) is 4.64. The molecule has 0 fully saturated rings. The SMILES string of the molecule is C=CCOc1ccc(OCc2cc(Cl)ccc2/C(=C/OC)C(=O)OC)cc1. The fraction of sp³-hybridized carbons (Fsp3) is 0.190. The van der Waals surface area contributed by atoms with Gasteiger partial charge in [-0.3, -0.25) is 0 Å². The third-order valence-corrected chi connectivity index (χ3v) is 3.82. The lowest BCUT2D eigenvalue weighted by Gasteiger charge is -2.13. The maximum atomic E-state index is 12.1. The van der Waals surface area contributed by atoms with E-state index in [1.165, 1.54) is 20.5 Å². The number of ether oxygens (including phenoxy) is 4. The van der Waals surface area contributed by atoms with E-state index in [2.05, 4.69) is 6.58 Å². The van der Waals surface area contributed by atoms with Gasteiger partial charge in [0.1, 0.15) is 30.3 Å². The molecule has 0 bridgehead atoms. The van der Waals surface area contributed by atoms with Crippen molar-refractivity contribution in [2.45, 2.75) is 6.61 Å². The minimum Gasteiger partial charge on any atom is -0.503 e. The summed E-state index contributed by atoms with van der Waals surface area (Å²) in [4.78, 5) is 12.1. The van der Waals surface area contributed by atoms with Gasteiger partial charge in [0.2, 0.25) is 0 Å². The molecule has 27 heavy (non-hydrogen) atoms. The van der Waals surface area contributed by atoms with Crippen molar-refractivity contribution in [2.24, 2.45) is 0 Å². The average Bonchev–Trinajstić information content (AvgIpc) is 2.69. The summed E-state index contributed by atoms with van der Waals surface area (Å²) < 4.78 is 21.1. The van der Waals surface area contributed by atoms with E-state index < -0.39 is 5.97 Å². The predicted molar refractivity (Wildman–Crippen MR) is 105 cm³/mol. The van der Waals surface area contributed by atoms with Gasteiger partial charge in [0, 0.05) is 5.02 Å². The van der Waals surface area contributed by atoms with Gasteiger partial charge in [-0.25, -0.2) is 4.79 Å². The second kappa shape index (κ2) is 10.3. The minimum absolute atomic E-state index is 0.209. The van der Waals surface area contributed by atoms with Crippen molar-refractivity contribution in [3.63, 3.8) is 0 Å². The van der Waals surface area contributed by atoms with Crippen LogP contribution in [-0.2, 0) is 20.9 Å². The van der Waals surface area contributed by atoms with Crippen molar-refractivity contribution in [3.05, 3.63) is 77.5 Å². The highest BCUT2D eigenvalue weighted by molar-refractivity contribution is 6.30. The normalized spacial score (nSPS) is 10.9. The minimum atomic E-state index is -0.510. The molecule has 0 atom stereocenters. The number of carbonyl (C=O) groups excluding carboxylic acids is 1. The number of esters is 1. The van der Waals surface area contributed by atoms with E-state index in [9.17, 15) is 4.79 Å². The van der Waals surface area contributed by atoms with Crippen molar-refractivity contribution >= 4 is 23.1 Å². The summed E-state index contributed by atoms with van der Waals surface area (Å²) in [5.74, 6) is 0.869. The maximum Gasteiger partial charge on any atom is 0.341 e. The molecule has 0 N–H and O–H groups in total. The van der Waals surface area contributed by atoms with E-state index in [0.717, 1.165) is 11.3 Å². The first-order valence-corrected chi connectivity index (χ1v) is 8.53. The van der Waals surface area contributed by atoms with Crippen molar-refractivity contribution in [1.82, 2.24) is 0 Å². The number of carbonyl (C=O) groups is 1. The molecule has 0 heterocycles. The summed E-state index contributed by atoms with van der Waals surface area (Å²) in [5, 5.41) is 0.534. The Morgan fingerprint density at radius 3 is 2.33 bits per heavy atom. The Kier molecular flexibility index (Phi) is 7.77. The average molecular weight is 389 g/mol. The third-order valence-electron chi connectivity index (χ3n) is 3.58. The van der Waals surface area contributed by atoms with Crippen LogP contribution in [0.5, 0.6) is 11.5 Å². The molecule has 2 aromatic carbocycles. The highest BCUT2D eigenvalue weighted by Crippen LogP contribution is 2.26. The summed E-state index contributed by atoms with van der Waals surface area (Å²) in [5.41, 5.74) is 1.63. The largest absolute Gasteiger partial charge is 0.503 e. The molecule has 142 valence electrons. The molecule has 0 saturated heterocycles. The van der Waals surface area contributed by atoms with Gasteiger partial charge in [0.25, 0.3) is 0 Å².